The van der Waals surface area contributed by atoms with E-state index in [4.69, 9.17) is 4.74 Å². The van der Waals surface area contributed by atoms with Crippen LogP contribution < -0.4 is 4.74 Å². The Bertz CT molecular complexity index is 271. The van der Waals surface area contributed by atoms with Gasteiger partial charge in [-0.1, -0.05) is 26.3 Å². The average molecular weight is 194 g/mol. The number of rotatable bonds is 5. The van der Waals surface area contributed by atoms with E-state index < -0.39 is 0 Å². The Morgan fingerprint density at radius 2 is 2.21 bits per heavy atom. The van der Waals surface area contributed by atoms with Crippen LogP contribution in [0.2, 0.25) is 0 Å². The molecule has 1 rings (SSSR count). The van der Waals surface area contributed by atoms with Gasteiger partial charge in [0.25, 0.3) is 0 Å². The fourth-order valence-corrected chi connectivity index (χ4v) is 1.39. The van der Waals surface area contributed by atoms with Crippen molar-refractivity contribution < 1.29 is 9.84 Å². The molecule has 78 valence electrons. The number of hydrogen-bond donors (Lipinski definition) is 1. The molecule has 0 bridgehead atoms. The minimum absolute atomic E-state index is 0.255. The van der Waals surface area contributed by atoms with Gasteiger partial charge in [0.15, 0.2) is 0 Å². The summed E-state index contributed by atoms with van der Waals surface area (Å²) in [5, 5.41) is 9.20. The average Bonchev–Trinajstić information content (AvgIpc) is 2.15. The SMILES string of the molecule is CCCC(C)COc1cccc(O)c1. The van der Waals surface area contributed by atoms with Crippen LogP contribution in [0.3, 0.4) is 0 Å². The first kappa shape index (κ1) is 10.9. The molecule has 0 radical (unpaired) electrons. The van der Waals surface area contributed by atoms with Crippen molar-refractivity contribution in [2.75, 3.05) is 6.61 Å². The summed E-state index contributed by atoms with van der Waals surface area (Å²) in [5.41, 5.74) is 0. The van der Waals surface area contributed by atoms with Gasteiger partial charge >= 0.3 is 0 Å². The maximum Gasteiger partial charge on any atom is 0.122 e. The maximum atomic E-state index is 9.20. The summed E-state index contributed by atoms with van der Waals surface area (Å²) < 4.78 is 5.54. The topological polar surface area (TPSA) is 29.5 Å². The van der Waals surface area contributed by atoms with E-state index in [2.05, 4.69) is 13.8 Å². The van der Waals surface area contributed by atoms with Crippen LogP contribution in [0.4, 0.5) is 0 Å². The van der Waals surface area contributed by atoms with Crippen LogP contribution in [0.15, 0.2) is 24.3 Å². The van der Waals surface area contributed by atoms with Crippen molar-refractivity contribution in [3.8, 4) is 11.5 Å². The predicted octanol–water partition coefficient (Wildman–Crippen LogP) is 3.21. The molecule has 0 aromatic heterocycles. The number of aromatic hydroxyl groups is 1. The van der Waals surface area contributed by atoms with Gasteiger partial charge in [0, 0.05) is 6.07 Å². The summed E-state index contributed by atoms with van der Waals surface area (Å²) in [7, 11) is 0. The second-order valence-corrected chi connectivity index (χ2v) is 3.70. The summed E-state index contributed by atoms with van der Waals surface area (Å²) in [6.07, 6.45) is 2.36. The van der Waals surface area contributed by atoms with E-state index in [1.807, 2.05) is 6.07 Å². The molecule has 0 aliphatic heterocycles. The van der Waals surface area contributed by atoms with Gasteiger partial charge in [-0.05, 0) is 24.5 Å². The Labute approximate surface area is 85.5 Å². The summed E-state index contributed by atoms with van der Waals surface area (Å²) >= 11 is 0. The maximum absolute atomic E-state index is 9.20. The largest absolute Gasteiger partial charge is 0.508 e. The molecular weight excluding hydrogens is 176 g/mol. The van der Waals surface area contributed by atoms with Gasteiger partial charge in [0.2, 0.25) is 0 Å². The van der Waals surface area contributed by atoms with Gasteiger partial charge < -0.3 is 9.84 Å². The Morgan fingerprint density at radius 1 is 1.43 bits per heavy atom. The number of phenols is 1. The van der Waals surface area contributed by atoms with Crippen molar-refractivity contribution in [3.05, 3.63) is 24.3 Å². The molecule has 0 aliphatic carbocycles. The van der Waals surface area contributed by atoms with E-state index in [0.29, 0.717) is 5.92 Å². The molecule has 0 spiro atoms. The van der Waals surface area contributed by atoms with Gasteiger partial charge in [-0.3, -0.25) is 0 Å². The highest BCUT2D eigenvalue weighted by Crippen LogP contribution is 2.18. The highest BCUT2D eigenvalue weighted by molar-refractivity contribution is 5.31. The second kappa shape index (κ2) is 5.53. The number of ether oxygens (including phenoxy) is 1. The van der Waals surface area contributed by atoms with E-state index in [1.165, 1.54) is 12.8 Å². The van der Waals surface area contributed by atoms with Crippen molar-refractivity contribution in [1.82, 2.24) is 0 Å². The van der Waals surface area contributed by atoms with Gasteiger partial charge in [0.05, 0.1) is 6.61 Å². The van der Waals surface area contributed by atoms with Crippen LogP contribution >= 0.6 is 0 Å². The zero-order chi connectivity index (χ0) is 10.4. The third-order valence-electron chi connectivity index (χ3n) is 2.13. The molecule has 0 heterocycles. The van der Waals surface area contributed by atoms with Crippen molar-refractivity contribution in [1.29, 1.82) is 0 Å². The van der Waals surface area contributed by atoms with Gasteiger partial charge in [-0.2, -0.15) is 0 Å². The summed E-state index contributed by atoms with van der Waals surface area (Å²) in [4.78, 5) is 0. The van der Waals surface area contributed by atoms with Gasteiger partial charge in [0.1, 0.15) is 11.5 Å². The summed E-state index contributed by atoms with van der Waals surface area (Å²) in [6, 6.07) is 6.93. The third kappa shape index (κ3) is 3.69. The number of hydrogen-bond acceptors (Lipinski definition) is 2. The Hall–Kier alpha value is -1.18. The molecule has 0 aliphatic rings. The molecule has 1 aromatic rings. The molecule has 14 heavy (non-hydrogen) atoms. The smallest absolute Gasteiger partial charge is 0.122 e. The van der Waals surface area contributed by atoms with Crippen molar-refractivity contribution >= 4 is 0 Å². The van der Waals surface area contributed by atoms with Crippen LogP contribution in [-0.4, -0.2) is 11.7 Å². The lowest BCUT2D eigenvalue weighted by Gasteiger charge is -2.11. The van der Waals surface area contributed by atoms with Crippen LogP contribution in [0, 0.1) is 5.92 Å². The molecule has 0 fully saturated rings. The van der Waals surface area contributed by atoms with Crippen molar-refractivity contribution in [2.24, 2.45) is 5.92 Å². The zero-order valence-corrected chi connectivity index (χ0v) is 8.86. The van der Waals surface area contributed by atoms with Crippen LogP contribution in [-0.2, 0) is 0 Å². The van der Waals surface area contributed by atoms with E-state index >= 15 is 0 Å². The summed E-state index contributed by atoms with van der Waals surface area (Å²) in [5.74, 6) is 1.57. The first-order valence-corrected chi connectivity index (χ1v) is 5.14. The monoisotopic (exact) mass is 194 g/mol. The minimum Gasteiger partial charge on any atom is -0.508 e. The Kier molecular flexibility index (Phi) is 4.30. The van der Waals surface area contributed by atoms with E-state index in [0.717, 1.165) is 12.4 Å². The van der Waals surface area contributed by atoms with Crippen LogP contribution in [0.1, 0.15) is 26.7 Å². The normalized spacial score (nSPS) is 12.4. The molecule has 2 heteroatoms. The van der Waals surface area contributed by atoms with Crippen LogP contribution in [0.25, 0.3) is 0 Å². The highest BCUT2D eigenvalue weighted by Gasteiger charge is 2.02. The molecule has 0 amide bonds. The first-order chi connectivity index (χ1) is 6.72. The Balaban J connectivity index is 2.37. The first-order valence-electron chi connectivity index (χ1n) is 5.14. The van der Waals surface area contributed by atoms with E-state index in [-0.39, 0.29) is 5.75 Å². The predicted molar refractivity (Wildman–Crippen MR) is 57.7 cm³/mol. The fourth-order valence-electron chi connectivity index (χ4n) is 1.39. The molecule has 0 saturated heterocycles. The highest BCUT2D eigenvalue weighted by atomic mass is 16.5. The molecule has 1 atom stereocenters. The molecule has 2 nitrogen and oxygen atoms in total. The number of phenolic OH excluding ortho intramolecular Hbond substituents is 1. The molecule has 1 unspecified atom stereocenters. The zero-order valence-electron chi connectivity index (χ0n) is 8.86. The van der Waals surface area contributed by atoms with E-state index in [9.17, 15) is 5.11 Å². The lowest BCUT2D eigenvalue weighted by Crippen LogP contribution is -2.07. The molecule has 1 N–H and O–H groups in total. The van der Waals surface area contributed by atoms with E-state index in [1.54, 1.807) is 18.2 Å². The quantitative estimate of drug-likeness (QED) is 0.780. The third-order valence-corrected chi connectivity index (χ3v) is 2.13. The van der Waals surface area contributed by atoms with Gasteiger partial charge in [-0.25, -0.2) is 0 Å². The van der Waals surface area contributed by atoms with Gasteiger partial charge in [-0.15, -0.1) is 0 Å². The molecular formula is C12H18O2. The Morgan fingerprint density at radius 3 is 2.86 bits per heavy atom. The lowest BCUT2D eigenvalue weighted by atomic mass is 10.1. The fraction of sp³-hybridized carbons (Fsp3) is 0.500. The van der Waals surface area contributed by atoms with Crippen LogP contribution in [0.5, 0.6) is 11.5 Å². The van der Waals surface area contributed by atoms with Crippen molar-refractivity contribution in [2.45, 2.75) is 26.7 Å². The molecule has 0 saturated carbocycles. The van der Waals surface area contributed by atoms with Crippen molar-refractivity contribution in [3.63, 3.8) is 0 Å². The standard InChI is InChI=1S/C12H18O2/c1-3-5-10(2)9-14-12-7-4-6-11(13)8-12/h4,6-8,10,13H,3,5,9H2,1-2H3. The lowest BCUT2D eigenvalue weighted by molar-refractivity contribution is 0.250. The minimum atomic E-state index is 0.255. The second-order valence-electron chi connectivity index (χ2n) is 3.70. The summed E-state index contributed by atoms with van der Waals surface area (Å²) in [6.45, 7) is 5.06. The number of benzene rings is 1. The molecule has 1 aromatic carbocycles.